The number of carbonyl (C=O) groups is 1. The van der Waals surface area contributed by atoms with E-state index < -0.39 is 62.0 Å². The van der Waals surface area contributed by atoms with Gasteiger partial charge in [0.05, 0.1) is 12.5 Å². The summed E-state index contributed by atoms with van der Waals surface area (Å²) in [5.41, 5.74) is 0. The number of hydrogen-bond acceptors (Lipinski definition) is 4. The zero-order valence-corrected chi connectivity index (χ0v) is 17.5. The molecule has 0 unspecified atom stereocenters. The summed E-state index contributed by atoms with van der Waals surface area (Å²) in [6.07, 6.45) is -7.64. The van der Waals surface area contributed by atoms with Crippen LogP contribution in [0.2, 0.25) is 0 Å². The fourth-order valence-corrected chi connectivity index (χ4v) is 2.50. The van der Waals surface area contributed by atoms with Crippen molar-refractivity contribution in [3.05, 3.63) is 0 Å². The molecule has 0 spiro atoms. The van der Waals surface area contributed by atoms with Crippen LogP contribution >= 0.6 is 0 Å². The van der Waals surface area contributed by atoms with Crippen LogP contribution in [0.5, 0.6) is 0 Å². The van der Waals surface area contributed by atoms with Gasteiger partial charge in [0.15, 0.2) is 0 Å². The molecule has 0 aliphatic rings. The third kappa shape index (κ3) is 4.66. The van der Waals surface area contributed by atoms with E-state index in [9.17, 15) is 75.4 Å². The first-order chi connectivity index (χ1) is 11.8. The second kappa shape index (κ2) is 8.56. The van der Waals surface area contributed by atoms with Crippen molar-refractivity contribution in [1.82, 2.24) is 4.31 Å². The van der Waals surface area contributed by atoms with E-state index in [-0.39, 0.29) is 58.4 Å². The average molecular weight is 509 g/mol. The molecule has 0 atom stereocenters. The number of hydrogen-bond donors (Lipinski definition) is 0. The first kappa shape index (κ1) is 31.3. The maximum Gasteiger partial charge on any atom is 1.00 e. The fraction of sp³-hybridized carbons (Fsp3) is 0.889. The van der Waals surface area contributed by atoms with Crippen LogP contribution in [-0.2, 0) is 14.8 Å². The minimum absolute atomic E-state index is 0. The Morgan fingerprint density at radius 3 is 1.34 bits per heavy atom. The van der Waals surface area contributed by atoms with Crippen LogP contribution in [0, 0.1) is 0 Å². The van der Waals surface area contributed by atoms with Crippen molar-refractivity contribution in [3.8, 4) is 0 Å². The molecule has 20 heteroatoms. The molecule has 0 rings (SSSR count). The second-order valence-corrected chi connectivity index (χ2v) is 7.03. The minimum Gasteiger partial charge on any atom is -0.549 e. The molecule has 0 amide bonds. The molecule has 0 bridgehead atoms. The van der Waals surface area contributed by atoms with Gasteiger partial charge in [0.2, 0.25) is 0 Å². The normalized spacial score (nSPS) is 15.3. The Morgan fingerprint density at radius 1 is 0.759 bits per heavy atom. The Morgan fingerprint density at radius 2 is 1.07 bits per heavy atom. The molecule has 0 saturated carbocycles. The molecule has 0 aromatic carbocycles. The second-order valence-electron chi connectivity index (χ2n) is 4.95. The number of nitrogens with zero attached hydrogens (tertiary/aromatic N) is 1. The summed E-state index contributed by atoms with van der Waals surface area (Å²) in [6.45, 7) is -2.23. The van der Waals surface area contributed by atoms with Gasteiger partial charge in [0.25, 0.3) is 10.0 Å². The summed E-state index contributed by atoms with van der Waals surface area (Å²) in [6, 6.07) is 0. The van der Waals surface area contributed by atoms with Gasteiger partial charge in [-0.15, -0.1) is 0 Å². The largest absolute Gasteiger partial charge is 1.00 e. The Kier molecular flexibility index (Phi) is 9.24. The summed E-state index contributed by atoms with van der Waals surface area (Å²) in [5.74, 6) is -35.3. The number of carboxylic acid groups (broad SMARTS) is 1. The third-order valence-electron chi connectivity index (χ3n) is 2.99. The van der Waals surface area contributed by atoms with Gasteiger partial charge in [0, 0.05) is 7.05 Å². The van der Waals surface area contributed by atoms with Crippen LogP contribution in [0.3, 0.4) is 0 Å². The Balaban J connectivity index is 0. The monoisotopic (exact) mass is 509 g/mol. The molecule has 5 nitrogen and oxygen atoms in total. The van der Waals surface area contributed by atoms with Gasteiger partial charge in [-0.25, -0.2) is 8.42 Å². The number of aliphatic carboxylic acids is 1. The van der Waals surface area contributed by atoms with Crippen molar-refractivity contribution in [2.45, 2.75) is 35.1 Å². The smallest absolute Gasteiger partial charge is 0.549 e. The first-order valence-electron chi connectivity index (χ1n) is 5.95. The van der Waals surface area contributed by atoms with Crippen LogP contribution in [0.1, 0.15) is 0 Å². The minimum atomic E-state index is -8.31. The van der Waals surface area contributed by atoms with E-state index in [1.54, 1.807) is 0 Å². The molecule has 168 valence electrons. The van der Waals surface area contributed by atoms with Crippen molar-refractivity contribution in [3.63, 3.8) is 0 Å². The molecule has 0 aromatic rings. The fourth-order valence-electron chi connectivity index (χ4n) is 1.38. The predicted octanol–water partition coefficient (Wildman–Crippen LogP) is -1.30. The standard InChI is InChI=1S/C9H6F13NO4S.K/c1-23(2-3(24)25)28(26,27)9(21,22)7(16,17)5(12,13)4(10,11)6(14,15)8(18,19)20;/h2H2,1H3,(H,24,25);/q;+1/p-1. The van der Waals surface area contributed by atoms with Gasteiger partial charge in [-0.05, 0) is 0 Å². The van der Waals surface area contributed by atoms with Gasteiger partial charge in [-0.1, -0.05) is 0 Å². The maximum absolute atomic E-state index is 13.5. The summed E-state index contributed by atoms with van der Waals surface area (Å²) >= 11 is 0. The Labute approximate surface area is 194 Å². The molecular weight excluding hydrogens is 504 g/mol. The van der Waals surface area contributed by atoms with Crippen LogP contribution in [0.25, 0.3) is 0 Å². The van der Waals surface area contributed by atoms with Crippen molar-refractivity contribution >= 4 is 16.0 Å². The zero-order chi connectivity index (χ0) is 23.4. The van der Waals surface area contributed by atoms with Gasteiger partial charge in [0.1, 0.15) is 0 Å². The number of alkyl halides is 13. The number of rotatable bonds is 8. The molecule has 0 fully saturated rings. The molecule has 0 heterocycles. The van der Waals surface area contributed by atoms with E-state index in [1.165, 1.54) is 0 Å². The van der Waals surface area contributed by atoms with E-state index in [0.29, 0.717) is 0 Å². The molecule has 0 aromatic heterocycles. The SMILES string of the molecule is CN(CC(=O)[O-])S(=O)(=O)C(F)(F)C(F)(F)C(F)(F)C(F)(F)C(F)(F)C(F)(F)F.[K+]. The third-order valence-corrected chi connectivity index (χ3v) is 4.84. The molecule has 0 aliphatic heterocycles. The summed E-state index contributed by atoms with van der Waals surface area (Å²) in [7, 11) is -7.59. The van der Waals surface area contributed by atoms with Crippen molar-refractivity contribution in [2.24, 2.45) is 0 Å². The van der Waals surface area contributed by atoms with E-state index in [4.69, 9.17) is 0 Å². The van der Waals surface area contributed by atoms with Crippen LogP contribution in [0.15, 0.2) is 0 Å². The molecule has 0 saturated heterocycles. The summed E-state index contributed by atoms with van der Waals surface area (Å²) in [4.78, 5) is 10.1. The van der Waals surface area contributed by atoms with Gasteiger partial charge in [-0.3, -0.25) is 0 Å². The number of sulfonamides is 1. The van der Waals surface area contributed by atoms with Gasteiger partial charge < -0.3 is 9.90 Å². The van der Waals surface area contributed by atoms with Crippen LogP contribution in [0.4, 0.5) is 57.1 Å². The van der Waals surface area contributed by atoms with Crippen molar-refractivity contribution in [1.29, 1.82) is 0 Å². The Bertz CT molecular complexity index is 720. The van der Waals surface area contributed by atoms with Crippen molar-refractivity contribution < 1.29 is 127 Å². The molecule has 0 radical (unpaired) electrons. The van der Waals surface area contributed by atoms with Crippen LogP contribution in [-0.4, -0.2) is 67.4 Å². The number of likely N-dealkylation sites (N-methyl/N-ethyl adjacent to an activating group) is 1. The number of carbonyl (C=O) groups excluding carboxylic acids is 1. The van der Waals surface area contributed by atoms with Crippen molar-refractivity contribution in [2.75, 3.05) is 13.6 Å². The quantitative estimate of drug-likeness (QED) is 0.301. The van der Waals surface area contributed by atoms with E-state index in [2.05, 4.69) is 0 Å². The van der Waals surface area contributed by atoms with Gasteiger partial charge in [-0.2, -0.15) is 61.4 Å². The topological polar surface area (TPSA) is 77.5 Å². The Hall–Kier alpha value is 0.106. The van der Waals surface area contributed by atoms with E-state index in [0.717, 1.165) is 0 Å². The molecular formula is C9H5F13KNO4S. The summed E-state index contributed by atoms with van der Waals surface area (Å²) < 4.78 is 188. The first-order valence-corrected chi connectivity index (χ1v) is 7.39. The molecule has 29 heavy (non-hydrogen) atoms. The van der Waals surface area contributed by atoms with E-state index >= 15 is 0 Å². The number of halogens is 13. The average Bonchev–Trinajstić information content (AvgIpc) is 2.43. The predicted molar refractivity (Wildman–Crippen MR) is 57.3 cm³/mol. The summed E-state index contributed by atoms with van der Waals surface area (Å²) in [5, 5.41) is 2.62. The number of carboxylic acids is 1. The zero-order valence-electron chi connectivity index (χ0n) is 13.6. The van der Waals surface area contributed by atoms with Crippen LogP contribution < -0.4 is 56.5 Å². The molecule has 0 aliphatic carbocycles. The van der Waals surface area contributed by atoms with Gasteiger partial charge >= 0.3 is 86.5 Å². The maximum atomic E-state index is 13.5. The molecule has 0 N–H and O–H groups in total. The van der Waals surface area contributed by atoms with E-state index in [1.807, 2.05) is 0 Å².